The molecule has 240 valence electrons. The summed E-state index contributed by atoms with van der Waals surface area (Å²) in [6, 6.07) is 7.43. The van der Waals surface area contributed by atoms with Crippen molar-refractivity contribution in [1.29, 1.82) is 0 Å². The molecule has 42 heavy (non-hydrogen) atoms. The van der Waals surface area contributed by atoms with Gasteiger partial charge in [0.15, 0.2) is 16.6 Å². The van der Waals surface area contributed by atoms with Crippen molar-refractivity contribution in [3.8, 4) is 11.5 Å². The van der Waals surface area contributed by atoms with Crippen molar-refractivity contribution in [3.05, 3.63) is 48.0 Å². The molecule has 0 unspecified atom stereocenters. The monoisotopic (exact) mass is 640 g/mol. The van der Waals surface area contributed by atoms with Gasteiger partial charge in [0, 0.05) is 25.6 Å². The molecule has 0 fully saturated rings. The maximum absolute atomic E-state index is 9.17. The van der Waals surface area contributed by atoms with Crippen molar-refractivity contribution in [2.45, 2.75) is 116 Å². The van der Waals surface area contributed by atoms with Crippen LogP contribution in [0.4, 0.5) is 0 Å². The van der Waals surface area contributed by atoms with E-state index >= 15 is 0 Å². The molecule has 0 radical (unpaired) electrons. The smallest absolute Gasteiger partial charge is 0.191 e. The fourth-order valence-electron chi connectivity index (χ4n) is 3.19. The number of aromatic nitrogens is 2. The first-order valence-corrected chi connectivity index (χ1v) is 21.5. The van der Waals surface area contributed by atoms with Crippen molar-refractivity contribution in [3.63, 3.8) is 0 Å². The Morgan fingerprint density at radius 3 is 1.43 bits per heavy atom. The number of pyridine rings is 2. The van der Waals surface area contributed by atoms with E-state index in [9.17, 15) is 0 Å². The lowest BCUT2D eigenvalue weighted by molar-refractivity contribution is 0.239. The number of aliphatic hydroxyl groups is 1. The van der Waals surface area contributed by atoms with Crippen molar-refractivity contribution in [1.82, 2.24) is 9.97 Å². The maximum atomic E-state index is 9.17. The van der Waals surface area contributed by atoms with Gasteiger partial charge in [0.05, 0.1) is 31.4 Å². The third-order valence-corrected chi connectivity index (χ3v) is 17.4. The average molecular weight is 641 g/mol. The molecule has 0 aliphatic rings. The van der Waals surface area contributed by atoms with E-state index in [1.807, 2.05) is 24.3 Å². The van der Waals surface area contributed by atoms with Crippen LogP contribution in [0.2, 0.25) is 36.3 Å². The van der Waals surface area contributed by atoms with Gasteiger partial charge < -0.3 is 23.4 Å². The van der Waals surface area contributed by atoms with Crippen LogP contribution in [0.5, 0.6) is 11.5 Å². The number of alkyl halides is 1. The molecule has 0 aromatic carbocycles. The van der Waals surface area contributed by atoms with Gasteiger partial charge in [-0.05, 0) is 86.2 Å². The molecule has 0 saturated heterocycles. The molecule has 7 nitrogen and oxygen atoms in total. The zero-order valence-corrected chi connectivity index (χ0v) is 30.6. The zero-order valence-electron chi connectivity index (χ0n) is 27.9. The lowest BCUT2D eigenvalue weighted by atomic mass is 10.2. The third kappa shape index (κ3) is 13.9. The van der Waals surface area contributed by atoms with Gasteiger partial charge in [-0.25, -0.2) is 0 Å². The first-order valence-electron chi connectivity index (χ1n) is 15.1. The van der Waals surface area contributed by atoms with Crippen LogP contribution in [0, 0.1) is 0 Å². The molecular weight excluding hydrogens is 584 g/mol. The summed E-state index contributed by atoms with van der Waals surface area (Å²) in [5.74, 6) is 1.84. The van der Waals surface area contributed by atoms with Gasteiger partial charge in [0.1, 0.15) is 17.2 Å². The fraction of sp³-hybridized carbons (Fsp3) is 0.688. The second-order valence-corrected chi connectivity index (χ2v) is 23.4. The largest absolute Gasteiger partial charge is 0.492 e. The number of nitrogens with zero attached hydrogens (tertiary/aromatic N) is 2. The van der Waals surface area contributed by atoms with Gasteiger partial charge in [-0.15, -0.1) is 11.6 Å². The summed E-state index contributed by atoms with van der Waals surface area (Å²) in [6.07, 6.45) is 7.31. The van der Waals surface area contributed by atoms with Gasteiger partial charge in [0.2, 0.25) is 0 Å². The number of ether oxygens (including phenoxy) is 2. The van der Waals surface area contributed by atoms with Crippen LogP contribution in [0.25, 0.3) is 0 Å². The molecule has 10 heteroatoms. The molecule has 2 aromatic heterocycles. The lowest BCUT2D eigenvalue weighted by Crippen LogP contribution is -2.41. The van der Waals surface area contributed by atoms with E-state index in [4.69, 9.17) is 35.0 Å². The van der Waals surface area contributed by atoms with E-state index in [1.54, 1.807) is 12.4 Å². The minimum atomic E-state index is -1.63. The number of hydrogen-bond acceptors (Lipinski definition) is 7. The average Bonchev–Trinajstić information content (AvgIpc) is 2.92. The Morgan fingerprint density at radius 1 is 0.667 bits per heavy atom. The summed E-state index contributed by atoms with van der Waals surface area (Å²) in [7, 11) is -3.24. The van der Waals surface area contributed by atoms with Gasteiger partial charge in [0.25, 0.3) is 0 Å². The van der Waals surface area contributed by atoms with Crippen LogP contribution in [0.1, 0.15) is 78.6 Å². The maximum Gasteiger partial charge on any atom is 0.191 e. The molecule has 2 aromatic rings. The van der Waals surface area contributed by atoms with Crippen LogP contribution in [0.15, 0.2) is 36.7 Å². The first kappa shape index (κ1) is 38.5. The van der Waals surface area contributed by atoms with Crippen LogP contribution in [-0.4, -0.2) is 58.1 Å². The summed E-state index contributed by atoms with van der Waals surface area (Å²) >= 11 is 5.83. The van der Waals surface area contributed by atoms with Gasteiger partial charge >= 0.3 is 0 Å². The van der Waals surface area contributed by atoms with Crippen LogP contribution in [-0.2, 0) is 21.3 Å². The predicted molar refractivity (Wildman–Crippen MR) is 180 cm³/mol. The van der Waals surface area contributed by atoms with Crippen LogP contribution in [0.3, 0.4) is 0 Å². The number of rotatable bonds is 16. The van der Waals surface area contributed by atoms with Crippen molar-refractivity contribution < 1.29 is 23.4 Å². The summed E-state index contributed by atoms with van der Waals surface area (Å²) in [6.45, 7) is 25.5. The van der Waals surface area contributed by atoms with Gasteiger partial charge in [-0.3, -0.25) is 9.97 Å². The van der Waals surface area contributed by atoms with Crippen LogP contribution >= 0.6 is 11.6 Å². The van der Waals surface area contributed by atoms with Crippen molar-refractivity contribution in [2.75, 3.05) is 26.4 Å². The summed E-state index contributed by atoms with van der Waals surface area (Å²) in [5, 5.41) is 9.70. The van der Waals surface area contributed by atoms with E-state index in [0.29, 0.717) is 30.5 Å². The van der Waals surface area contributed by atoms with E-state index in [0.717, 1.165) is 50.3 Å². The summed E-state index contributed by atoms with van der Waals surface area (Å²) < 4.78 is 23.7. The molecule has 0 bridgehead atoms. The van der Waals surface area contributed by atoms with Gasteiger partial charge in [-0.2, -0.15) is 0 Å². The molecule has 2 rings (SSSR count). The highest BCUT2D eigenvalue weighted by Gasteiger charge is 2.37. The van der Waals surface area contributed by atoms with E-state index in [1.165, 1.54) is 0 Å². The van der Waals surface area contributed by atoms with E-state index in [2.05, 4.69) is 77.7 Å². The van der Waals surface area contributed by atoms with E-state index < -0.39 is 16.6 Å². The molecule has 2 heterocycles. The van der Waals surface area contributed by atoms with E-state index in [-0.39, 0.29) is 16.7 Å². The Balaban J connectivity index is 0.000000420. The standard InChI is InChI=1S/C16H28ClNO2Si.C16H29NO3Si/c1-16(2,3)21(4,5)20-12-7-6-11-19-15-9-8-10-18-14(15)13-17;1-16(2,3)21(4,5)20-12-7-6-11-19-15-9-8-10-17-14(15)13-18/h8-10H,6-7,11-13H2,1-5H3;8-10,18H,6-7,11-13H2,1-5H3. The topological polar surface area (TPSA) is 82.9 Å². The molecule has 0 amide bonds. The number of aliphatic hydroxyl groups excluding tert-OH is 1. The minimum absolute atomic E-state index is 0.0926. The van der Waals surface area contributed by atoms with Crippen molar-refractivity contribution >= 4 is 28.2 Å². The quantitative estimate of drug-likeness (QED) is 0.112. The Hall–Kier alpha value is -1.50. The molecule has 1 N–H and O–H groups in total. The van der Waals surface area contributed by atoms with Crippen molar-refractivity contribution in [2.24, 2.45) is 0 Å². The number of unbranched alkanes of at least 4 members (excludes halogenated alkanes) is 2. The highest BCUT2D eigenvalue weighted by atomic mass is 35.5. The lowest BCUT2D eigenvalue weighted by Gasteiger charge is -2.36. The SMILES string of the molecule is CC(C)(C)[Si](C)(C)OCCCCOc1cccnc1CCl.CC(C)(C)[Si](C)(C)OCCCCOc1cccnc1CO. The summed E-state index contributed by atoms with van der Waals surface area (Å²) in [5.41, 5.74) is 1.40. The minimum Gasteiger partial charge on any atom is -0.492 e. The first-order chi connectivity index (χ1) is 19.6. The predicted octanol–water partition coefficient (Wildman–Crippen LogP) is 8.76. The molecule has 0 aliphatic heterocycles. The Bertz CT molecular complexity index is 945. The number of hydrogen-bond donors (Lipinski definition) is 1. The zero-order chi connectivity index (χ0) is 31.9. The summed E-state index contributed by atoms with van der Waals surface area (Å²) in [4.78, 5) is 8.27. The normalized spacial score (nSPS) is 12.5. The van der Waals surface area contributed by atoms with Gasteiger partial charge in [-0.1, -0.05) is 41.5 Å². The highest BCUT2D eigenvalue weighted by Crippen LogP contribution is 2.37. The Kier molecular flexibility index (Phi) is 16.8. The Labute approximate surface area is 263 Å². The molecule has 0 spiro atoms. The Morgan fingerprint density at radius 2 is 1.05 bits per heavy atom. The molecule has 0 atom stereocenters. The highest BCUT2D eigenvalue weighted by molar-refractivity contribution is 6.74. The fourth-order valence-corrected chi connectivity index (χ4v) is 5.56. The second-order valence-electron chi connectivity index (χ2n) is 13.5. The third-order valence-electron chi connectivity index (χ3n) is 8.10. The molecule has 0 saturated carbocycles. The van der Waals surface area contributed by atoms with Crippen LogP contribution < -0.4 is 9.47 Å². The second kappa shape index (κ2) is 18.3. The molecular formula is C32H57ClN2O5Si2. The molecule has 0 aliphatic carbocycles. The number of halogens is 1.